The highest BCUT2D eigenvalue weighted by molar-refractivity contribution is 5.92. The molecule has 0 amide bonds. The number of aromatic nitrogens is 1. The van der Waals surface area contributed by atoms with Crippen molar-refractivity contribution in [1.82, 2.24) is 4.98 Å². The van der Waals surface area contributed by atoms with Crippen LogP contribution in [0.15, 0.2) is 30.5 Å². The first-order valence-corrected chi connectivity index (χ1v) is 5.79. The molecule has 1 atom stereocenters. The van der Waals surface area contributed by atoms with Crippen molar-refractivity contribution in [3.8, 4) is 5.75 Å². The molecule has 0 aliphatic carbocycles. The molecule has 0 aliphatic rings. The smallest absolute Gasteiger partial charge is 0.134 e. The molecule has 0 saturated heterocycles. The van der Waals surface area contributed by atoms with Gasteiger partial charge in [-0.25, -0.2) is 4.98 Å². The number of anilines is 1. The Bertz CT molecular complexity index is 509. The van der Waals surface area contributed by atoms with Gasteiger partial charge in [-0.3, -0.25) is 0 Å². The molecule has 0 spiro atoms. The van der Waals surface area contributed by atoms with Crippen molar-refractivity contribution in [1.29, 1.82) is 0 Å². The molecule has 4 N–H and O–H groups in total. The van der Waals surface area contributed by atoms with Crippen molar-refractivity contribution in [3.63, 3.8) is 0 Å². The summed E-state index contributed by atoms with van der Waals surface area (Å²) < 4.78 is 0. The first-order chi connectivity index (χ1) is 8.24. The third-order valence-electron chi connectivity index (χ3n) is 2.87. The van der Waals surface area contributed by atoms with E-state index in [1.165, 1.54) is 0 Å². The molecule has 4 nitrogen and oxygen atoms in total. The van der Waals surface area contributed by atoms with Crippen LogP contribution >= 0.6 is 0 Å². The second kappa shape index (κ2) is 5.01. The Balaban J connectivity index is 2.42. The van der Waals surface area contributed by atoms with Gasteiger partial charge in [-0.05, 0) is 30.0 Å². The first kappa shape index (κ1) is 11.7. The lowest BCUT2D eigenvalue weighted by molar-refractivity contribution is 0.476. The molecule has 0 radical (unpaired) electrons. The number of benzene rings is 1. The van der Waals surface area contributed by atoms with Crippen LogP contribution in [0.3, 0.4) is 0 Å². The van der Waals surface area contributed by atoms with Crippen LogP contribution in [0.1, 0.15) is 13.3 Å². The van der Waals surface area contributed by atoms with Gasteiger partial charge in [0.2, 0.25) is 0 Å². The summed E-state index contributed by atoms with van der Waals surface area (Å²) in [5, 5.41) is 14.8. The van der Waals surface area contributed by atoms with E-state index < -0.39 is 0 Å². The lowest BCUT2D eigenvalue weighted by Crippen LogP contribution is -2.28. The van der Waals surface area contributed by atoms with Crippen LogP contribution in [0.25, 0.3) is 10.8 Å². The second-order valence-corrected chi connectivity index (χ2v) is 4.05. The monoisotopic (exact) mass is 231 g/mol. The van der Waals surface area contributed by atoms with Gasteiger partial charge in [0, 0.05) is 24.2 Å². The summed E-state index contributed by atoms with van der Waals surface area (Å²) in [6, 6.07) is 7.39. The van der Waals surface area contributed by atoms with E-state index in [9.17, 15) is 5.11 Å². The Hall–Kier alpha value is -1.81. The largest absolute Gasteiger partial charge is 0.508 e. The molecule has 1 aromatic carbocycles. The SMILES string of the molecule is CCC(CN)Nc1nccc2ccc(O)cc12. The standard InChI is InChI=1S/C13H17N3O/c1-2-10(8-14)16-13-12-7-11(17)4-3-9(12)5-6-15-13/h3-7,10,17H,2,8,14H2,1H3,(H,15,16). The number of phenols is 1. The zero-order valence-corrected chi connectivity index (χ0v) is 9.85. The fourth-order valence-corrected chi connectivity index (χ4v) is 1.79. The highest BCUT2D eigenvalue weighted by atomic mass is 16.3. The van der Waals surface area contributed by atoms with E-state index in [2.05, 4.69) is 17.2 Å². The average molecular weight is 231 g/mol. The Morgan fingerprint density at radius 1 is 1.41 bits per heavy atom. The molecule has 2 rings (SSSR count). The predicted octanol–water partition coefficient (Wildman–Crippen LogP) is 2.09. The topological polar surface area (TPSA) is 71.2 Å². The summed E-state index contributed by atoms with van der Waals surface area (Å²) in [4.78, 5) is 4.31. The van der Waals surface area contributed by atoms with Crippen LogP contribution < -0.4 is 11.1 Å². The molecule has 1 heterocycles. The van der Waals surface area contributed by atoms with Gasteiger partial charge in [-0.15, -0.1) is 0 Å². The number of hydrogen-bond acceptors (Lipinski definition) is 4. The minimum Gasteiger partial charge on any atom is -0.508 e. The number of hydrogen-bond donors (Lipinski definition) is 3. The van der Waals surface area contributed by atoms with Gasteiger partial charge >= 0.3 is 0 Å². The summed E-state index contributed by atoms with van der Waals surface area (Å²) in [5.41, 5.74) is 5.67. The summed E-state index contributed by atoms with van der Waals surface area (Å²) in [5.74, 6) is 1.02. The Labute approximate surface area is 100 Å². The second-order valence-electron chi connectivity index (χ2n) is 4.05. The molecule has 0 aliphatic heterocycles. The van der Waals surface area contributed by atoms with Gasteiger partial charge < -0.3 is 16.2 Å². The first-order valence-electron chi connectivity index (χ1n) is 5.79. The van der Waals surface area contributed by atoms with Gasteiger partial charge in [0.25, 0.3) is 0 Å². The van der Waals surface area contributed by atoms with Crippen molar-refractivity contribution in [2.45, 2.75) is 19.4 Å². The highest BCUT2D eigenvalue weighted by Gasteiger charge is 2.08. The molecule has 17 heavy (non-hydrogen) atoms. The summed E-state index contributed by atoms with van der Waals surface area (Å²) in [7, 11) is 0. The zero-order valence-electron chi connectivity index (χ0n) is 9.85. The average Bonchev–Trinajstić information content (AvgIpc) is 2.36. The molecule has 90 valence electrons. The molecule has 0 fully saturated rings. The van der Waals surface area contributed by atoms with Gasteiger partial charge in [-0.2, -0.15) is 0 Å². The fraction of sp³-hybridized carbons (Fsp3) is 0.308. The van der Waals surface area contributed by atoms with Crippen molar-refractivity contribution >= 4 is 16.6 Å². The molecule has 0 saturated carbocycles. The summed E-state index contributed by atoms with van der Waals surface area (Å²) in [6.07, 6.45) is 2.69. The maximum atomic E-state index is 9.52. The maximum absolute atomic E-state index is 9.52. The molecular weight excluding hydrogens is 214 g/mol. The van der Waals surface area contributed by atoms with Crippen molar-refractivity contribution in [2.75, 3.05) is 11.9 Å². The quantitative estimate of drug-likeness (QED) is 0.753. The molecular formula is C13H17N3O. The van der Waals surface area contributed by atoms with Crippen molar-refractivity contribution in [2.24, 2.45) is 5.73 Å². The Morgan fingerprint density at radius 2 is 2.24 bits per heavy atom. The van der Waals surface area contributed by atoms with Crippen molar-refractivity contribution < 1.29 is 5.11 Å². The highest BCUT2D eigenvalue weighted by Crippen LogP contribution is 2.25. The van der Waals surface area contributed by atoms with E-state index in [1.807, 2.05) is 12.1 Å². The number of pyridine rings is 1. The molecule has 1 aromatic heterocycles. The van der Waals surface area contributed by atoms with E-state index in [0.717, 1.165) is 23.0 Å². The minimum atomic E-state index is 0.204. The lowest BCUT2D eigenvalue weighted by Gasteiger charge is -2.16. The Morgan fingerprint density at radius 3 is 2.94 bits per heavy atom. The number of nitrogens with one attached hydrogen (secondary N) is 1. The van der Waals surface area contributed by atoms with E-state index in [0.29, 0.717) is 6.54 Å². The van der Waals surface area contributed by atoms with Crippen LogP contribution in [-0.4, -0.2) is 22.7 Å². The normalized spacial score (nSPS) is 12.6. The third kappa shape index (κ3) is 2.47. The molecule has 2 aromatic rings. The number of fused-ring (bicyclic) bond motifs is 1. The minimum absolute atomic E-state index is 0.204. The van der Waals surface area contributed by atoms with Crippen LogP contribution in [-0.2, 0) is 0 Å². The summed E-state index contributed by atoms with van der Waals surface area (Å²) >= 11 is 0. The van der Waals surface area contributed by atoms with E-state index in [1.54, 1.807) is 18.3 Å². The number of rotatable bonds is 4. The predicted molar refractivity (Wildman–Crippen MR) is 70.2 cm³/mol. The van der Waals surface area contributed by atoms with Gasteiger partial charge in [-0.1, -0.05) is 13.0 Å². The number of nitrogens with zero attached hydrogens (tertiary/aromatic N) is 1. The molecule has 0 bridgehead atoms. The molecule has 1 unspecified atom stereocenters. The van der Waals surface area contributed by atoms with Crippen LogP contribution in [0, 0.1) is 0 Å². The zero-order chi connectivity index (χ0) is 12.3. The number of aromatic hydroxyl groups is 1. The number of phenolic OH excluding ortho intramolecular Hbond substituents is 1. The third-order valence-corrected chi connectivity index (χ3v) is 2.87. The van der Waals surface area contributed by atoms with E-state index in [4.69, 9.17) is 5.73 Å². The van der Waals surface area contributed by atoms with E-state index in [-0.39, 0.29) is 11.8 Å². The maximum Gasteiger partial charge on any atom is 0.134 e. The van der Waals surface area contributed by atoms with Gasteiger partial charge in [0.15, 0.2) is 0 Å². The van der Waals surface area contributed by atoms with Gasteiger partial charge in [0.05, 0.1) is 0 Å². The van der Waals surface area contributed by atoms with Crippen LogP contribution in [0.4, 0.5) is 5.82 Å². The van der Waals surface area contributed by atoms with Crippen LogP contribution in [0.2, 0.25) is 0 Å². The number of nitrogens with two attached hydrogens (primary N) is 1. The van der Waals surface area contributed by atoms with Crippen LogP contribution in [0.5, 0.6) is 5.75 Å². The van der Waals surface area contributed by atoms with E-state index >= 15 is 0 Å². The van der Waals surface area contributed by atoms with Crippen molar-refractivity contribution in [3.05, 3.63) is 30.5 Å². The fourth-order valence-electron chi connectivity index (χ4n) is 1.79. The Kier molecular flexibility index (Phi) is 3.44. The molecule has 4 heteroatoms. The lowest BCUT2D eigenvalue weighted by atomic mass is 10.1. The summed E-state index contributed by atoms with van der Waals surface area (Å²) in [6.45, 7) is 2.64. The van der Waals surface area contributed by atoms with Gasteiger partial charge in [0.1, 0.15) is 11.6 Å².